The molecule has 0 aliphatic heterocycles. The van der Waals surface area contributed by atoms with E-state index in [1.807, 2.05) is 18.2 Å². The number of rotatable bonds is 6. The largest absolute Gasteiger partial charge is 0.495 e. The Kier molecular flexibility index (Phi) is 7.59. The number of hydrogen-bond acceptors (Lipinski definition) is 3. The van der Waals surface area contributed by atoms with Crippen molar-refractivity contribution in [3.63, 3.8) is 0 Å². The summed E-state index contributed by atoms with van der Waals surface area (Å²) in [6.07, 6.45) is 0.438. The first-order chi connectivity index (χ1) is 11.0. The van der Waals surface area contributed by atoms with E-state index < -0.39 is 0 Å². The number of nitrogens with two attached hydrogens (primary N) is 1. The van der Waals surface area contributed by atoms with Crippen LogP contribution in [-0.2, 0) is 4.79 Å². The lowest BCUT2D eigenvalue weighted by molar-refractivity contribution is -0.116. The molecule has 5 heteroatoms. The molecular weight excluding hydrogens is 324 g/mol. The van der Waals surface area contributed by atoms with Crippen LogP contribution >= 0.6 is 12.4 Å². The Balaban J connectivity index is 0.00000288. The van der Waals surface area contributed by atoms with Gasteiger partial charge in [-0.15, -0.1) is 12.4 Å². The van der Waals surface area contributed by atoms with Crippen molar-refractivity contribution < 1.29 is 9.53 Å². The van der Waals surface area contributed by atoms with Crippen LogP contribution in [0, 0.1) is 5.92 Å². The molecule has 1 amide bonds. The Bertz CT molecular complexity index is 660. The van der Waals surface area contributed by atoms with Crippen LogP contribution in [-0.4, -0.2) is 13.0 Å². The van der Waals surface area contributed by atoms with Crippen LogP contribution in [0.3, 0.4) is 0 Å². The molecule has 0 fully saturated rings. The number of nitrogens with one attached hydrogen (secondary N) is 1. The smallest absolute Gasteiger partial charge is 0.224 e. The van der Waals surface area contributed by atoms with Gasteiger partial charge in [-0.3, -0.25) is 4.79 Å². The van der Waals surface area contributed by atoms with Crippen LogP contribution in [0.15, 0.2) is 48.5 Å². The molecule has 0 aliphatic rings. The van der Waals surface area contributed by atoms with Crippen molar-refractivity contribution in [1.82, 2.24) is 0 Å². The second kappa shape index (κ2) is 9.18. The maximum Gasteiger partial charge on any atom is 0.224 e. The molecule has 0 saturated heterocycles. The van der Waals surface area contributed by atoms with Crippen molar-refractivity contribution in [2.24, 2.45) is 5.92 Å². The Labute approximate surface area is 149 Å². The molecule has 3 N–H and O–H groups in total. The fourth-order valence-electron chi connectivity index (χ4n) is 2.66. The Morgan fingerprint density at radius 2 is 1.83 bits per heavy atom. The minimum atomic E-state index is -0.0166. The highest BCUT2D eigenvalue weighted by Crippen LogP contribution is 2.29. The highest BCUT2D eigenvalue weighted by Gasteiger charge is 2.19. The molecule has 130 valence electrons. The van der Waals surface area contributed by atoms with E-state index in [1.165, 1.54) is 5.56 Å². The van der Waals surface area contributed by atoms with Crippen molar-refractivity contribution in [3.05, 3.63) is 54.1 Å². The Morgan fingerprint density at radius 3 is 2.38 bits per heavy atom. The third-order valence-electron chi connectivity index (χ3n) is 3.95. The van der Waals surface area contributed by atoms with Gasteiger partial charge in [-0.1, -0.05) is 44.2 Å². The Hall–Kier alpha value is -2.20. The lowest BCUT2D eigenvalue weighted by Crippen LogP contribution is -2.18. The third kappa shape index (κ3) is 5.17. The quantitative estimate of drug-likeness (QED) is 0.757. The number of nitrogen functional groups attached to an aromatic ring is 1. The molecule has 2 aromatic rings. The fraction of sp³-hybridized carbons (Fsp3) is 0.316. The molecule has 0 saturated carbocycles. The van der Waals surface area contributed by atoms with Crippen LogP contribution in [0.1, 0.15) is 31.7 Å². The zero-order valence-corrected chi connectivity index (χ0v) is 15.1. The van der Waals surface area contributed by atoms with E-state index in [0.717, 1.165) is 0 Å². The first kappa shape index (κ1) is 19.8. The topological polar surface area (TPSA) is 64.3 Å². The molecule has 1 atom stereocenters. The van der Waals surface area contributed by atoms with Gasteiger partial charge < -0.3 is 15.8 Å². The first-order valence-corrected chi connectivity index (χ1v) is 7.79. The van der Waals surface area contributed by atoms with Crippen LogP contribution in [0.5, 0.6) is 5.75 Å². The third-order valence-corrected chi connectivity index (χ3v) is 3.95. The SMILES string of the molecule is COc1ccc(NC(=O)CC(c2ccccc2)C(C)C)cc1N.Cl. The number of ether oxygens (including phenoxy) is 1. The van der Waals surface area contributed by atoms with Gasteiger partial charge >= 0.3 is 0 Å². The lowest BCUT2D eigenvalue weighted by Gasteiger charge is -2.21. The molecule has 4 nitrogen and oxygen atoms in total. The summed E-state index contributed by atoms with van der Waals surface area (Å²) in [5, 5.41) is 2.91. The van der Waals surface area contributed by atoms with Gasteiger partial charge in [0, 0.05) is 12.1 Å². The van der Waals surface area contributed by atoms with Crippen molar-refractivity contribution in [2.45, 2.75) is 26.2 Å². The number of methoxy groups -OCH3 is 1. The van der Waals surface area contributed by atoms with E-state index >= 15 is 0 Å². The van der Waals surface area contributed by atoms with Gasteiger partial charge in [0.15, 0.2) is 0 Å². The van der Waals surface area contributed by atoms with Gasteiger partial charge in [0.05, 0.1) is 12.8 Å². The van der Waals surface area contributed by atoms with E-state index in [-0.39, 0.29) is 24.2 Å². The number of amides is 1. The minimum absolute atomic E-state index is 0. The number of carbonyl (C=O) groups is 1. The zero-order valence-electron chi connectivity index (χ0n) is 14.3. The van der Waals surface area contributed by atoms with E-state index in [9.17, 15) is 4.79 Å². The molecule has 1 unspecified atom stereocenters. The number of benzene rings is 2. The van der Waals surface area contributed by atoms with Gasteiger partial charge in [0.25, 0.3) is 0 Å². The van der Waals surface area contributed by atoms with E-state index in [4.69, 9.17) is 10.5 Å². The molecule has 2 aromatic carbocycles. The van der Waals surface area contributed by atoms with Gasteiger partial charge in [0.1, 0.15) is 5.75 Å². The van der Waals surface area contributed by atoms with Gasteiger partial charge in [-0.25, -0.2) is 0 Å². The summed E-state index contributed by atoms with van der Waals surface area (Å²) >= 11 is 0. The molecule has 0 bridgehead atoms. The van der Waals surface area contributed by atoms with E-state index in [2.05, 4.69) is 31.3 Å². The summed E-state index contributed by atoms with van der Waals surface area (Å²) in [5.74, 6) is 1.15. The molecule has 0 heterocycles. The van der Waals surface area contributed by atoms with E-state index in [0.29, 0.717) is 29.5 Å². The van der Waals surface area contributed by atoms with Crippen molar-refractivity contribution in [3.8, 4) is 5.75 Å². The number of anilines is 2. The molecule has 0 radical (unpaired) electrons. The standard InChI is InChI=1S/C19H24N2O2.ClH/c1-13(2)16(14-7-5-4-6-8-14)12-19(22)21-15-9-10-18(23-3)17(20)11-15;/h4-11,13,16H,12,20H2,1-3H3,(H,21,22);1H. The van der Waals surface area contributed by atoms with Crippen molar-refractivity contribution >= 4 is 29.7 Å². The normalized spacial score (nSPS) is 11.5. The van der Waals surface area contributed by atoms with Crippen molar-refractivity contribution in [1.29, 1.82) is 0 Å². The summed E-state index contributed by atoms with van der Waals surface area (Å²) in [6.45, 7) is 4.27. The molecule has 2 rings (SSSR count). The number of hydrogen-bond donors (Lipinski definition) is 2. The Morgan fingerprint density at radius 1 is 1.17 bits per heavy atom. The number of carbonyl (C=O) groups excluding carboxylic acids is 1. The maximum absolute atomic E-state index is 12.4. The average molecular weight is 349 g/mol. The predicted octanol–water partition coefficient (Wildman–Crippen LogP) is 4.47. The molecule has 0 spiro atoms. The molecular formula is C19H25ClN2O2. The van der Waals surface area contributed by atoms with Crippen LogP contribution in [0.2, 0.25) is 0 Å². The highest BCUT2D eigenvalue weighted by atomic mass is 35.5. The second-order valence-corrected chi connectivity index (χ2v) is 5.97. The van der Waals surface area contributed by atoms with Crippen LogP contribution in [0.25, 0.3) is 0 Å². The summed E-state index contributed by atoms with van der Waals surface area (Å²) in [5.41, 5.74) is 8.25. The fourth-order valence-corrected chi connectivity index (χ4v) is 2.66. The molecule has 0 aliphatic carbocycles. The average Bonchev–Trinajstić information content (AvgIpc) is 2.53. The van der Waals surface area contributed by atoms with Gasteiger partial charge in [-0.2, -0.15) is 0 Å². The maximum atomic E-state index is 12.4. The summed E-state index contributed by atoms with van der Waals surface area (Å²) in [6, 6.07) is 15.4. The van der Waals surface area contributed by atoms with Gasteiger partial charge in [0.2, 0.25) is 5.91 Å². The predicted molar refractivity (Wildman–Crippen MR) is 102 cm³/mol. The monoisotopic (exact) mass is 348 g/mol. The minimum Gasteiger partial charge on any atom is -0.495 e. The zero-order chi connectivity index (χ0) is 16.8. The second-order valence-electron chi connectivity index (χ2n) is 5.97. The number of halogens is 1. The van der Waals surface area contributed by atoms with E-state index in [1.54, 1.807) is 25.3 Å². The first-order valence-electron chi connectivity index (χ1n) is 7.79. The van der Waals surface area contributed by atoms with Gasteiger partial charge in [-0.05, 0) is 35.6 Å². The molecule has 0 aromatic heterocycles. The molecule has 24 heavy (non-hydrogen) atoms. The lowest BCUT2D eigenvalue weighted by atomic mass is 9.85. The summed E-state index contributed by atoms with van der Waals surface area (Å²) in [4.78, 5) is 12.4. The summed E-state index contributed by atoms with van der Waals surface area (Å²) in [7, 11) is 1.57. The van der Waals surface area contributed by atoms with Crippen molar-refractivity contribution in [2.75, 3.05) is 18.2 Å². The van der Waals surface area contributed by atoms with Crippen LogP contribution in [0.4, 0.5) is 11.4 Å². The van der Waals surface area contributed by atoms with Crippen LogP contribution < -0.4 is 15.8 Å². The summed E-state index contributed by atoms with van der Waals surface area (Å²) < 4.78 is 5.12. The highest BCUT2D eigenvalue weighted by molar-refractivity contribution is 5.92.